The maximum Gasteiger partial charge on any atom is 0.296 e. The van der Waals surface area contributed by atoms with Crippen molar-refractivity contribution in [2.45, 2.75) is 25.7 Å². The fourth-order valence-electron chi connectivity index (χ4n) is 1.96. The van der Waals surface area contributed by atoms with Gasteiger partial charge in [-0.15, -0.1) is 0 Å². The van der Waals surface area contributed by atoms with E-state index in [-0.39, 0.29) is 10.6 Å². The molecular weight excluding hydrogens is 232 g/mol. The minimum atomic E-state index is -0.383. The Morgan fingerprint density at radius 2 is 2.28 bits per heavy atom. The molecule has 18 heavy (non-hydrogen) atoms. The first-order chi connectivity index (χ1) is 8.70. The third-order valence-electron chi connectivity index (χ3n) is 3.20. The van der Waals surface area contributed by atoms with Gasteiger partial charge in [0.05, 0.1) is 18.1 Å². The van der Waals surface area contributed by atoms with Crippen LogP contribution in [0.3, 0.4) is 0 Å². The number of nitrogens with zero attached hydrogens (tertiary/aromatic N) is 1. The van der Waals surface area contributed by atoms with Gasteiger partial charge in [-0.3, -0.25) is 10.1 Å². The van der Waals surface area contributed by atoms with Gasteiger partial charge in [-0.05, 0) is 30.9 Å². The lowest BCUT2D eigenvalue weighted by Crippen LogP contribution is -2.04. The number of methoxy groups -OCH3 is 1. The van der Waals surface area contributed by atoms with Gasteiger partial charge < -0.3 is 10.1 Å². The number of nitro groups is 1. The predicted octanol–water partition coefficient (Wildman–Crippen LogP) is 3.21. The largest absolute Gasteiger partial charge is 0.496 e. The lowest BCUT2D eigenvalue weighted by molar-refractivity contribution is -0.384. The van der Waals surface area contributed by atoms with Crippen LogP contribution < -0.4 is 10.1 Å². The second kappa shape index (κ2) is 5.71. The van der Waals surface area contributed by atoms with Crippen molar-refractivity contribution in [1.82, 2.24) is 0 Å². The molecule has 1 fully saturated rings. The van der Waals surface area contributed by atoms with Crippen LogP contribution in [0.15, 0.2) is 18.2 Å². The number of hydrogen-bond acceptors (Lipinski definition) is 4. The van der Waals surface area contributed by atoms with Crippen LogP contribution in [-0.2, 0) is 0 Å². The van der Waals surface area contributed by atoms with Crippen molar-refractivity contribution in [3.05, 3.63) is 28.3 Å². The molecule has 5 nitrogen and oxygen atoms in total. The first kappa shape index (κ1) is 12.7. The molecule has 0 heterocycles. The Balaban J connectivity index is 1.94. The molecule has 1 aromatic rings. The van der Waals surface area contributed by atoms with E-state index >= 15 is 0 Å². The van der Waals surface area contributed by atoms with E-state index in [0.717, 1.165) is 18.9 Å². The van der Waals surface area contributed by atoms with Crippen molar-refractivity contribution < 1.29 is 9.66 Å². The van der Waals surface area contributed by atoms with Crippen LogP contribution in [0.1, 0.15) is 25.7 Å². The van der Waals surface area contributed by atoms with Gasteiger partial charge >= 0.3 is 0 Å². The van der Waals surface area contributed by atoms with Crippen molar-refractivity contribution in [2.75, 3.05) is 19.0 Å². The first-order valence-corrected chi connectivity index (χ1v) is 6.27. The van der Waals surface area contributed by atoms with Crippen LogP contribution in [0, 0.1) is 16.0 Å². The Labute approximate surface area is 106 Å². The zero-order valence-electron chi connectivity index (χ0n) is 10.5. The van der Waals surface area contributed by atoms with Gasteiger partial charge in [0, 0.05) is 6.54 Å². The summed E-state index contributed by atoms with van der Waals surface area (Å²) in [5.74, 6) is 1.41. The average Bonchev–Trinajstić information content (AvgIpc) is 3.18. The molecule has 0 atom stereocenters. The van der Waals surface area contributed by atoms with Crippen molar-refractivity contribution in [1.29, 1.82) is 0 Å². The van der Waals surface area contributed by atoms with E-state index in [4.69, 9.17) is 4.74 Å². The van der Waals surface area contributed by atoms with Gasteiger partial charge in [0.2, 0.25) is 0 Å². The summed E-state index contributed by atoms with van der Waals surface area (Å²) in [4.78, 5) is 10.6. The molecule has 0 bridgehead atoms. The molecular formula is C13H18N2O3. The van der Waals surface area contributed by atoms with E-state index in [9.17, 15) is 10.1 Å². The minimum Gasteiger partial charge on any atom is -0.496 e. The fourth-order valence-corrected chi connectivity index (χ4v) is 1.96. The molecule has 1 saturated carbocycles. The quantitative estimate of drug-likeness (QED) is 0.458. The Morgan fingerprint density at radius 1 is 1.50 bits per heavy atom. The molecule has 1 N–H and O–H groups in total. The van der Waals surface area contributed by atoms with Gasteiger partial charge in [0.15, 0.2) is 0 Å². The number of benzene rings is 1. The van der Waals surface area contributed by atoms with E-state index in [1.165, 1.54) is 32.4 Å². The van der Waals surface area contributed by atoms with E-state index < -0.39 is 0 Å². The molecule has 0 aromatic heterocycles. The van der Waals surface area contributed by atoms with Crippen LogP contribution in [0.5, 0.6) is 5.75 Å². The van der Waals surface area contributed by atoms with Crippen LogP contribution in [0.2, 0.25) is 0 Å². The zero-order chi connectivity index (χ0) is 13.0. The van der Waals surface area contributed by atoms with Crippen LogP contribution >= 0.6 is 0 Å². The SMILES string of the molecule is COc1ccc(NCCCC2CC2)c([N+](=O)[O-])c1. The summed E-state index contributed by atoms with van der Waals surface area (Å²) in [5.41, 5.74) is 0.636. The summed E-state index contributed by atoms with van der Waals surface area (Å²) < 4.78 is 4.99. The van der Waals surface area contributed by atoms with Crippen molar-refractivity contribution >= 4 is 11.4 Å². The molecule has 1 aromatic carbocycles. The Bertz CT molecular complexity index is 430. The minimum absolute atomic E-state index is 0.0702. The molecule has 2 rings (SSSR count). The third kappa shape index (κ3) is 3.35. The number of nitro benzene ring substituents is 1. The van der Waals surface area contributed by atoms with E-state index in [1.807, 2.05) is 0 Å². The summed E-state index contributed by atoms with van der Waals surface area (Å²) in [5, 5.41) is 14.1. The second-order valence-corrected chi connectivity index (χ2v) is 4.65. The van der Waals surface area contributed by atoms with Crippen LogP contribution in [0.25, 0.3) is 0 Å². The van der Waals surface area contributed by atoms with Crippen molar-refractivity contribution in [3.8, 4) is 5.75 Å². The summed E-state index contributed by atoms with van der Waals surface area (Å²) >= 11 is 0. The number of anilines is 1. The maximum atomic E-state index is 11.0. The molecule has 0 radical (unpaired) electrons. The van der Waals surface area contributed by atoms with Gasteiger partial charge in [-0.1, -0.05) is 12.8 Å². The summed E-state index contributed by atoms with van der Waals surface area (Å²) in [7, 11) is 1.50. The Kier molecular flexibility index (Phi) is 4.02. The summed E-state index contributed by atoms with van der Waals surface area (Å²) in [6, 6.07) is 4.88. The third-order valence-corrected chi connectivity index (χ3v) is 3.20. The van der Waals surface area contributed by atoms with Gasteiger partial charge in [-0.2, -0.15) is 0 Å². The highest BCUT2D eigenvalue weighted by Crippen LogP contribution is 2.33. The standard InChI is InChI=1S/C13H18N2O3/c1-18-11-6-7-12(13(9-11)15(16)17)14-8-2-3-10-4-5-10/h6-7,9-10,14H,2-5,8H2,1H3. The van der Waals surface area contributed by atoms with Gasteiger partial charge in [-0.25, -0.2) is 0 Å². The first-order valence-electron chi connectivity index (χ1n) is 6.27. The molecule has 98 valence electrons. The predicted molar refractivity (Wildman–Crippen MR) is 70.1 cm³/mol. The molecule has 1 aliphatic carbocycles. The average molecular weight is 250 g/mol. The Hall–Kier alpha value is -1.78. The second-order valence-electron chi connectivity index (χ2n) is 4.65. The highest BCUT2D eigenvalue weighted by atomic mass is 16.6. The highest BCUT2D eigenvalue weighted by Gasteiger charge is 2.20. The number of rotatable bonds is 7. The zero-order valence-corrected chi connectivity index (χ0v) is 10.5. The number of hydrogen-bond donors (Lipinski definition) is 1. The van der Waals surface area contributed by atoms with Crippen molar-refractivity contribution in [2.24, 2.45) is 5.92 Å². The molecule has 0 amide bonds. The Morgan fingerprint density at radius 3 is 2.89 bits per heavy atom. The lowest BCUT2D eigenvalue weighted by atomic mass is 10.2. The molecule has 0 unspecified atom stereocenters. The van der Waals surface area contributed by atoms with Gasteiger partial charge in [0.1, 0.15) is 11.4 Å². The normalized spacial score (nSPS) is 14.3. The van der Waals surface area contributed by atoms with E-state index in [1.54, 1.807) is 12.1 Å². The number of nitrogens with one attached hydrogen (secondary N) is 1. The molecule has 0 spiro atoms. The summed E-state index contributed by atoms with van der Waals surface area (Å²) in [6.45, 7) is 0.781. The maximum absolute atomic E-state index is 11.0. The van der Waals surface area contributed by atoms with Crippen molar-refractivity contribution in [3.63, 3.8) is 0 Å². The number of ether oxygens (including phenoxy) is 1. The van der Waals surface area contributed by atoms with Gasteiger partial charge in [0.25, 0.3) is 5.69 Å². The van der Waals surface area contributed by atoms with Crippen LogP contribution in [0.4, 0.5) is 11.4 Å². The van der Waals surface area contributed by atoms with Crippen LogP contribution in [-0.4, -0.2) is 18.6 Å². The monoisotopic (exact) mass is 250 g/mol. The highest BCUT2D eigenvalue weighted by molar-refractivity contribution is 5.63. The molecule has 0 saturated heterocycles. The molecule has 0 aliphatic heterocycles. The topological polar surface area (TPSA) is 64.4 Å². The summed E-state index contributed by atoms with van der Waals surface area (Å²) in [6.07, 6.45) is 4.98. The van der Waals surface area contributed by atoms with E-state index in [2.05, 4.69) is 5.32 Å². The smallest absolute Gasteiger partial charge is 0.296 e. The fraction of sp³-hybridized carbons (Fsp3) is 0.538. The lowest BCUT2D eigenvalue weighted by Gasteiger charge is -2.08. The molecule has 5 heteroatoms. The van der Waals surface area contributed by atoms with E-state index in [0.29, 0.717) is 11.4 Å². The molecule has 1 aliphatic rings.